The van der Waals surface area contributed by atoms with Crippen molar-refractivity contribution in [2.24, 2.45) is 5.73 Å². The highest BCUT2D eigenvalue weighted by molar-refractivity contribution is 5.84. The lowest BCUT2D eigenvalue weighted by atomic mass is 9.77. The molecule has 2 unspecified atom stereocenters. The fraction of sp³-hybridized carbons (Fsp3) is 0.938. The van der Waals surface area contributed by atoms with Crippen LogP contribution in [0.25, 0.3) is 0 Å². The number of likely N-dealkylation sites (N-methyl/N-ethyl adjacent to an activating group) is 1. The van der Waals surface area contributed by atoms with Gasteiger partial charge in [-0.05, 0) is 72.3 Å². The molecule has 5 nitrogen and oxygen atoms in total. The Kier molecular flexibility index (Phi) is 5.63. The first-order chi connectivity index (χ1) is 9.98. The molecule has 1 saturated carbocycles. The average Bonchev–Trinajstić information content (AvgIpc) is 2.48. The molecule has 122 valence electrons. The van der Waals surface area contributed by atoms with E-state index in [2.05, 4.69) is 36.1 Å². The predicted molar refractivity (Wildman–Crippen MR) is 86.1 cm³/mol. The van der Waals surface area contributed by atoms with Crippen LogP contribution in [0.2, 0.25) is 0 Å². The Morgan fingerprint density at radius 2 is 2.00 bits per heavy atom. The van der Waals surface area contributed by atoms with E-state index >= 15 is 0 Å². The van der Waals surface area contributed by atoms with Crippen molar-refractivity contribution >= 4 is 5.91 Å². The molecule has 2 atom stereocenters. The highest BCUT2D eigenvalue weighted by Crippen LogP contribution is 2.32. The van der Waals surface area contributed by atoms with Crippen LogP contribution >= 0.6 is 0 Å². The molecule has 3 N–H and O–H groups in total. The number of likely N-dealkylation sites (tertiary alicyclic amines) is 1. The van der Waals surface area contributed by atoms with Crippen molar-refractivity contribution in [1.29, 1.82) is 0 Å². The molecule has 1 heterocycles. The molecule has 2 rings (SSSR count). The Labute approximate surface area is 129 Å². The minimum absolute atomic E-state index is 0.169. The maximum absolute atomic E-state index is 12.0. The van der Waals surface area contributed by atoms with Crippen LogP contribution in [-0.2, 0) is 4.79 Å². The van der Waals surface area contributed by atoms with Crippen molar-refractivity contribution in [2.75, 3.05) is 33.7 Å². The first kappa shape index (κ1) is 16.7. The van der Waals surface area contributed by atoms with E-state index in [1.165, 1.54) is 19.3 Å². The van der Waals surface area contributed by atoms with Gasteiger partial charge in [-0.3, -0.25) is 4.79 Å². The van der Waals surface area contributed by atoms with Gasteiger partial charge < -0.3 is 20.9 Å². The summed E-state index contributed by atoms with van der Waals surface area (Å²) in [6.07, 6.45) is 6.52. The Balaban J connectivity index is 1.96. The van der Waals surface area contributed by atoms with E-state index in [4.69, 9.17) is 5.73 Å². The van der Waals surface area contributed by atoms with Crippen molar-refractivity contribution in [3.05, 3.63) is 0 Å². The Morgan fingerprint density at radius 3 is 2.52 bits per heavy atom. The molecule has 1 aliphatic heterocycles. The van der Waals surface area contributed by atoms with Crippen molar-refractivity contribution in [1.82, 2.24) is 15.1 Å². The number of nitrogens with two attached hydrogens (primary N) is 1. The quantitative estimate of drug-likeness (QED) is 0.787. The molecule has 1 amide bonds. The largest absolute Gasteiger partial charge is 0.368 e. The van der Waals surface area contributed by atoms with Crippen molar-refractivity contribution in [3.63, 3.8) is 0 Å². The highest BCUT2D eigenvalue weighted by Gasteiger charge is 2.42. The van der Waals surface area contributed by atoms with E-state index in [1.54, 1.807) is 0 Å². The normalized spacial score (nSPS) is 32.5. The van der Waals surface area contributed by atoms with Gasteiger partial charge in [0, 0.05) is 12.1 Å². The van der Waals surface area contributed by atoms with Crippen LogP contribution in [0, 0.1) is 0 Å². The van der Waals surface area contributed by atoms with Gasteiger partial charge in [-0.2, -0.15) is 0 Å². The first-order valence-electron chi connectivity index (χ1n) is 8.44. The number of primary amides is 1. The van der Waals surface area contributed by atoms with Gasteiger partial charge in [-0.1, -0.05) is 6.92 Å². The van der Waals surface area contributed by atoms with Crippen LogP contribution in [0.3, 0.4) is 0 Å². The van der Waals surface area contributed by atoms with Crippen LogP contribution in [0.5, 0.6) is 0 Å². The van der Waals surface area contributed by atoms with Crippen LogP contribution in [0.4, 0.5) is 0 Å². The van der Waals surface area contributed by atoms with E-state index in [9.17, 15) is 4.79 Å². The minimum atomic E-state index is -0.476. The van der Waals surface area contributed by atoms with E-state index in [-0.39, 0.29) is 5.91 Å². The monoisotopic (exact) mass is 296 g/mol. The molecule has 1 aliphatic carbocycles. The molecule has 2 aliphatic rings. The maximum atomic E-state index is 12.0. The van der Waals surface area contributed by atoms with Gasteiger partial charge in [0.25, 0.3) is 0 Å². The zero-order valence-electron chi connectivity index (χ0n) is 13.9. The van der Waals surface area contributed by atoms with E-state index in [0.29, 0.717) is 12.1 Å². The van der Waals surface area contributed by atoms with Gasteiger partial charge in [-0.15, -0.1) is 0 Å². The zero-order valence-corrected chi connectivity index (χ0v) is 13.9. The SMILES string of the molecule is CCNC1(C(N)=O)CCCC(N2CCC(N(C)C)CC2)C1. The van der Waals surface area contributed by atoms with Gasteiger partial charge in [0.15, 0.2) is 0 Å². The lowest BCUT2D eigenvalue weighted by Gasteiger charge is -2.46. The fourth-order valence-electron chi connectivity index (χ4n) is 4.13. The molecule has 2 fully saturated rings. The van der Waals surface area contributed by atoms with Crippen LogP contribution in [0.1, 0.15) is 45.4 Å². The number of nitrogens with zero attached hydrogens (tertiary/aromatic N) is 2. The summed E-state index contributed by atoms with van der Waals surface area (Å²) in [7, 11) is 4.34. The molecule has 1 saturated heterocycles. The van der Waals surface area contributed by atoms with Crippen molar-refractivity contribution in [3.8, 4) is 0 Å². The third-order valence-electron chi connectivity index (χ3n) is 5.46. The van der Waals surface area contributed by atoms with E-state index < -0.39 is 5.54 Å². The second kappa shape index (κ2) is 7.07. The average molecular weight is 296 g/mol. The van der Waals surface area contributed by atoms with Gasteiger partial charge in [0.1, 0.15) is 0 Å². The summed E-state index contributed by atoms with van der Waals surface area (Å²) >= 11 is 0. The maximum Gasteiger partial charge on any atom is 0.237 e. The molecule has 0 aromatic rings. The fourth-order valence-corrected chi connectivity index (χ4v) is 4.13. The zero-order chi connectivity index (χ0) is 15.5. The number of nitrogens with one attached hydrogen (secondary N) is 1. The summed E-state index contributed by atoms with van der Waals surface area (Å²) in [5.41, 5.74) is 5.24. The molecule has 21 heavy (non-hydrogen) atoms. The molecule has 0 radical (unpaired) electrons. The molecular formula is C16H32N4O. The van der Waals surface area contributed by atoms with Gasteiger partial charge >= 0.3 is 0 Å². The van der Waals surface area contributed by atoms with Gasteiger partial charge in [0.2, 0.25) is 5.91 Å². The number of carbonyl (C=O) groups excluding carboxylic acids is 1. The third-order valence-corrected chi connectivity index (χ3v) is 5.46. The highest BCUT2D eigenvalue weighted by atomic mass is 16.1. The number of hydrogen-bond acceptors (Lipinski definition) is 4. The Morgan fingerprint density at radius 1 is 1.33 bits per heavy atom. The number of rotatable bonds is 5. The summed E-state index contributed by atoms with van der Waals surface area (Å²) < 4.78 is 0. The second-order valence-electron chi connectivity index (χ2n) is 6.96. The van der Waals surface area contributed by atoms with Gasteiger partial charge in [-0.25, -0.2) is 0 Å². The minimum Gasteiger partial charge on any atom is -0.368 e. The molecule has 0 aromatic heterocycles. The molecule has 0 aromatic carbocycles. The lowest BCUT2D eigenvalue weighted by Crippen LogP contribution is -2.61. The van der Waals surface area contributed by atoms with Crippen LogP contribution < -0.4 is 11.1 Å². The van der Waals surface area contributed by atoms with E-state index in [0.717, 1.165) is 38.9 Å². The Bertz CT molecular complexity index is 348. The summed E-state index contributed by atoms with van der Waals surface area (Å²) in [5.74, 6) is -0.169. The summed E-state index contributed by atoms with van der Waals surface area (Å²) in [6.45, 7) is 5.15. The summed E-state index contributed by atoms with van der Waals surface area (Å²) in [5, 5.41) is 3.38. The number of amides is 1. The van der Waals surface area contributed by atoms with Crippen molar-refractivity contribution in [2.45, 2.75) is 63.1 Å². The second-order valence-corrected chi connectivity index (χ2v) is 6.96. The standard InChI is InChI=1S/C16H32N4O/c1-4-18-16(15(17)21)9-5-6-14(12-16)20-10-7-13(8-11-20)19(2)3/h13-14,18H,4-12H2,1-3H3,(H2,17,21). The van der Waals surface area contributed by atoms with Crippen LogP contribution in [0.15, 0.2) is 0 Å². The molecule has 0 bridgehead atoms. The number of carbonyl (C=O) groups is 1. The molecule has 5 heteroatoms. The first-order valence-corrected chi connectivity index (χ1v) is 8.44. The summed E-state index contributed by atoms with van der Waals surface area (Å²) in [6, 6.07) is 1.22. The predicted octanol–water partition coefficient (Wildman–Crippen LogP) is 0.789. The summed E-state index contributed by atoms with van der Waals surface area (Å²) in [4.78, 5) is 16.9. The van der Waals surface area contributed by atoms with E-state index in [1.807, 2.05) is 0 Å². The third kappa shape index (κ3) is 3.76. The van der Waals surface area contributed by atoms with Gasteiger partial charge in [0.05, 0.1) is 5.54 Å². The topological polar surface area (TPSA) is 61.6 Å². The molecular weight excluding hydrogens is 264 g/mol. The van der Waals surface area contributed by atoms with Crippen LogP contribution in [-0.4, -0.2) is 67.1 Å². The molecule has 0 spiro atoms. The number of hydrogen-bond donors (Lipinski definition) is 2. The smallest absolute Gasteiger partial charge is 0.237 e. The lowest BCUT2D eigenvalue weighted by molar-refractivity contribution is -0.126. The Hall–Kier alpha value is -0.650. The number of piperidine rings is 1. The van der Waals surface area contributed by atoms with Crippen molar-refractivity contribution < 1.29 is 4.79 Å².